The molecule has 0 aliphatic rings. The van der Waals surface area contributed by atoms with Crippen molar-refractivity contribution < 1.29 is 57.2 Å². The molecular formula is C31H59N5O12. The van der Waals surface area contributed by atoms with Crippen LogP contribution in [0.2, 0.25) is 0 Å². The van der Waals surface area contributed by atoms with Crippen LogP contribution in [0.25, 0.3) is 0 Å². The summed E-state index contributed by atoms with van der Waals surface area (Å²) in [7, 11) is 0. The summed E-state index contributed by atoms with van der Waals surface area (Å²) in [6.45, 7) is 12.5. The molecular weight excluding hydrogens is 634 g/mol. The second kappa shape index (κ2) is 30.0. The molecule has 0 bridgehead atoms. The van der Waals surface area contributed by atoms with Crippen LogP contribution in [0.3, 0.4) is 0 Å². The Hall–Kier alpha value is -3.09. The van der Waals surface area contributed by atoms with Gasteiger partial charge in [0.15, 0.2) is 0 Å². The molecule has 5 N–H and O–H groups in total. The number of carbonyl (C=O) groups excluding carboxylic acids is 5. The molecule has 0 aliphatic heterocycles. The van der Waals surface area contributed by atoms with E-state index in [4.69, 9.17) is 33.3 Å². The monoisotopic (exact) mass is 693 g/mol. The lowest BCUT2D eigenvalue weighted by Gasteiger charge is -2.19. The van der Waals surface area contributed by atoms with Gasteiger partial charge >= 0.3 is 6.09 Å². The lowest BCUT2D eigenvalue weighted by Crippen LogP contribution is -2.36. The highest BCUT2D eigenvalue weighted by molar-refractivity contribution is 5.79. The van der Waals surface area contributed by atoms with Gasteiger partial charge in [0.05, 0.1) is 59.5 Å². The van der Waals surface area contributed by atoms with E-state index in [1.807, 2.05) is 0 Å². The molecule has 48 heavy (non-hydrogen) atoms. The van der Waals surface area contributed by atoms with Crippen molar-refractivity contribution in [2.45, 2.75) is 78.4 Å². The number of hydrogen-bond donors (Lipinski definition) is 5. The molecule has 280 valence electrons. The Labute approximate surface area is 284 Å². The van der Waals surface area contributed by atoms with Gasteiger partial charge in [-0.3, -0.25) is 24.0 Å². The number of amides is 5. The second-order valence-electron chi connectivity index (χ2n) is 11.3. The third-order valence-corrected chi connectivity index (χ3v) is 5.80. The van der Waals surface area contributed by atoms with Crippen LogP contribution >= 0.6 is 0 Å². The largest absolute Gasteiger partial charge is 0.442 e. The van der Waals surface area contributed by atoms with Crippen molar-refractivity contribution in [1.29, 1.82) is 0 Å². The molecule has 17 heteroatoms. The molecule has 0 atom stereocenters. The highest BCUT2D eigenvalue weighted by atomic mass is 16.7. The molecule has 0 saturated carbocycles. The van der Waals surface area contributed by atoms with Crippen LogP contribution in [-0.2, 0) is 52.4 Å². The normalized spacial score (nSPS) is 11.2. The van der Waals surface area contributed by atoms with Gasteiger partial charge < -0.3 is 49.7 Å². The zero-order valence-electron chi connectivity index (χ0n) is 29.4. The van der Waals surface area contributed by atoms with Crippen molar-refractivity contribution in [1.82, 2.24) is 26.7 Å². The van der Waals surface area contributed by atoms with Crippen molar-refractivity contribution in [2.24, 2.45) is 0 Å². The maximum atomic E-state index is 12.3. The molecule has 0 aliphatic carbocycles. The third-order valence-electron chi connectivity index (χ3n) is 5.80. The summed E-state index contributed by atoms with van der Waals surface area (Å²) in [5.74, 6) is -0.686. The van der Waals surface area contributed by atoms with E-state index in [1.54, 1.807) is 34.6 Å². The van der Waals surface area contributed by atoms with E-state index in [0.29, 0.717) is 71.7 Å². The summed E-state index contributed by atoms with van der Waals surface area (Å²) >= 11 is 0. The summed E-state index contributed by atoms with van der Waals surface area (Å²) < 4.78 is 32.9. The molecule has 0 spiro atoms. The van der Waals surface area contributed by atoms with Gasteiger partial charge in [-0.15, -0.1) is 0 Å². The van der Waals surface area contributed by atoms with Gasteiger partial charge in [-0.25, -0.2) is 4.79 Å². The molecule has 0 unspecified atom stereocenters. The minimum absolute atomic E-state index is 0.0404. The molecule has 5 amide bonds. The van der Waals surface area contributed by atoms with Gasteiger partial charge in [0.1, 0.15) is 18.3 Å². The first-order valence-electron chi connectivity index (χ1n) is 16.6. The maximum Gasteiger partial charge on any atom is 0.431 e. The van der Waals surface area contributed by atoms with Crippen LogP contribution in [0.15, 0.2) is 0 Å². The topological polar surface area (TPSA) is 210 Å². The number of unbranched alkanes of at least 4 members (excludes halogenated alkanes) is 1. The molecule has 0 rings (SSSR count). The summed E-state index contributed by atoms with van der Waals surface area (Å²) in [6.07, 6.45) is 0.968. The van der Waals surface area contributed by atoms with Gasteiger partial charge in [-0.2, -0.15) is 5.48 Å². The van der Waals surface area contributed by atoms with Gasteiger partial charge in [0.25, 0.3) is 0 Å². The highest BCUT2D eigenvalue weighted by Gasteiger charge is 2.16. The first-order valence-corrected chi connectivity index (χ1v) is 16.6. The van der Waals surface area contributed by atoms with E-state index in [-0.39, 0.29) is 70.3 Å². The molecule has 0 saturated heterocycles. The maximum absolute atomic E-state index is 12.3. The van der Waals surface area contributed by atoms with E-state index in [0.717, 1.165) is 0 Å². The zero-order chi connectivity index (χ0) is 35.9. The minimum Gasteiger partial charge on any atom is -0.442 e. The van der Waals surface area contributed by atoms with E-state index in [1.165, 1.54) is 0 Å². The summed E-state index contributed by atoms with van der Waals surface area (Å²) in [5.41, 5.74) is 1.59. The Morgan fingerprint density at radius 1 is 0.583 bits per heavy atom. The molecule has 17 nitrogen and oxygen atoms in total. The highest BCUT2D eigenvalue weighted by Crippen LogP contribution is 2.06. The Bertz CT molecular complexity index is 856. The van der Waals surface area contributed by atoms with Crippen LogP contribution in [0.1, 0.15) is 66.7 Å². The van der Waals surface area contributed by atoms with Crippen LogP contribution in [-0.4, -0.2) is 134 Å². The number of carbonyl (C=O) groups is 5. The zero-order valence-corrected chi connectivity index (χ0v) is 29.4. The Kier molecular flexibility index (Phi) is 28.1. The first-order chi connectivity index (χ1) is 23.0. The number of nitrogens with one attached hydrogen (secondary N) is 5. The first kappa shape index (κ1) is 44.9. The number of ether oxygens (including phenoxy) is 6. The Morgan fingerprint density at radius 2 is 1.10 bits per heavy atom. The van der Waals surface area contributed by atoms with Crippen LogP contribution in [0.4, 0.5) is 4.79 Å². The number of rotatable bonds is 30. The summed E-state index contributed by atoms with van der Waals surface area (Å²) in [5, 5.41) is 10.9. The average Bonchev–Trinajstić information content (AvgIpc) is 3.03. The van der Waals surface area contributed by atoms with Crippen LogP contribution < -0.4 is 26.7 Å². The van der Waals surface area contributed by atoms with Crippen molar-refractivity contribution >= 4 is 29.7 Å². The quantitative estimate of drug-likeness (QED) is 0.0510. The number of hydroxylamine groups is 1. The van der Waals surface area contributed by atoms with E-state index >= 15 is 0 Å². The molecule has 0 aromatic rings. The molecule has 0 heterocycles. The molecule has 0 radical (unpaired) electrons. The fourth-order valence-corrected chi connectivity index (χ4v) is 3.37. The Morgan fingerprint density at radius 3 is 1.65 bits per heavy atom. The van der Waals surface area contributed by atoms with Crippen molar-refractivity contribution in [3.8, 4) is 0 Å². The van der Waals surface area contributed by atoms with Gasteiger partial charge in [-0.1, -0.05) is 13.8 Å². The lowest BCUT2D eigenvalue weighted by molar-refractivity contribution is -0.132. The predicted octanol–water partition coefficient (Wildman–Crippen LogP) is 0.349. The number of hydrogen-bond acceptors (Lipinski definition) is 12. The van der Waals surface area contributed by atoms with E-state index in [2.05, 4.69) is 26.7 Å². The smallest absolute Gasteiger partial charge is 0.431 e. The van der Waals surface area contributed by atoms with E-state index < -0.39 is 23.7 Å². The SMILES string of the molecule is CCC(=O)NCCOCCOCC(COCCOCCNC(=O)CC)OCC(=O)NCCC(=O)NCCCCONC(=O)OC(C)(C)C. The van der Waals surface area contributed by atoms with Crippen molar-refractivity contribution in [2.75, 3.05) is 92.2 Å². The van der Waals surface area contributed by atoms with Crippen molar-refractivity contribution in [3.05, 3.63) is 0 Å². The van der Waals surface area contributed by atoms with E-state index in [9.17, 15) is 24.0 Å². The fraction of sp³-hybridized carbons (Fsp3) is 0.839. The fourth-order valence-electron chi connectivity index (χ4n) is 3.37. The average molecular weight is 694 g/mol. The van der Waals surface area contributed by atoms with Crippen LogP contribution in [0.5, 0.6) is 0 Å². The summed E-state index contributed by atoms with van der Waals surface area (Å²) in [4.78, 5) is 63.4. The van der Waals surface area contributed by atoms with Crippen LogP contribution in [0, 0.1) is 0 Å². The Balaban J connectivity index is 4.20. The lowest BCUT2D eigenvalue weighted by atomic mass is 10.2. The van der Waals surface area contributed by atoms with Gasteiger partial charge in [0.2, 0.25) is 23.6 Å². The molecule has 0 aromatic heterocycles. The predicted molar refractivity (Wildman–Crippen MR) is 175 cm³/mol. The van der Waals surface area contributed by atoms with Gasteiger partial charge in [0, 0.05) is 45.4 Å². The van der Waals surface area contributed by atoms with Crippen molar-refractivity contribution in [3.63, 3.8) is 0 Å². The van der Waals surface area contributed by atoms with Gasteiger partial charge in [-0.05, 0) is 33.6 Å². The standard InChI is InChI=1S/C31H59N5O12/c1-6-26(37)34-13-16-42-18-20-44-22-25(23-45-21-19-43-17-14-35-27(38)7-2)46-24-29(40)33-12-10-28(39)32-11-8-9-15-47-36-30(41)48-31(3,4)5/h25H,6-24H2,1-5H3,(H,32,39)(H,33,40)(H,34,37)(H,35,38)(H,36,41). The molecule has 0 aromatic carbocycles. The molecule has 0 fully saturated rings. The second-order valence-corrected chi connectivity index (χ2v) is 11.3. The summed E-state index contributed by atoms with van der Waals surface area (Å²) in [6, 6.07) is 0. The minimum atomic E-state index is -0.665. The third kappa shape index (κ3) is 31.5.